The van der Waals surface area contributed by atoms with Crippen molar-refractivity contribution in [2.24, 2.45) is 5.92 Å². The van der Waals surface area contributed by atoms with Crippen LogP contribution in [0.15, 0.2) is 24.3 Å². The monoisotopic (exact) mass is 342 g/mol. The van der Waals surface area contributed by atoms with E-state index in [0.717, 1.165) is 23.4 Å². The largest absolute Gasteiger partial charge is 0.355 e. The van der Waals surface area contributed by atoms with Gasteiger partial charge in [0.15, 0.2) is 0 Å². The van der Waals surface area contributed by atoms with Gasteiger partial charge in [0.05, 0.1) is 17.0 Å². The van der Waals surface area contributed by atoms with Gasteiger partial charge in [-0.2, -0.15) is 0 Å². The maximum atomic E-state index is 12.4. The number of aromatic nitrogens is 2. The number of piperidine rings is 1. The Labute approximate surface area is 148 Å². The Kier molecular flexibility index (Phi) is 5.36. The van der Waals surface area contributed by atoms with E-state index < -0.39 is 0 Å². The van der Waals surface area contributed by atoms with Crippen molar-refractivity contribution in [2.75, 3.05) is 19.6 Å². The molecule has 6 nitrogen and oxygen atoms in total. The second-order valence-corrected chi connectivity index (χ2v) is 6.47. The molecule has 1 saturated heterocycles. The molecule has 1 aliphatic heterocycles. The van der Waals surface area contributed by atoms with Crippen LogP contribution in [0.5, 0.6) is 0 Å². The second-order valence-electron chi connectivity index (χ2n) is 6.47. The van der Waals surface area contributed by atoms with Gasteiger partial charge in [0.1, 0.15) is 5.82 Å². The van der Waals surface area contributed by atoms with E-state index in [2.05, 4.69) is 27.9 Å². The molecule has 3 rings (SSSR count). The first kappa shape index (κ1) is 17.5. The third kappa shape index (κ3) is 3.67. The number of likely N-dealkylation sites (tertiary alicyclic amines) is 1. The number of benzene rings is 1. The van der Waals surface area contributed by atoms with Gasteiger partial charge >= 0.3 is 0 Å². The summed E-state index contributed by atoms with van der Waals surface area (Å²) < 4.78 is 2.19. The fourth-order valence-electron chi connectivity index (χ4n) is 3.55. The Morgan fingerprint density at radius 1 is 1.28 bits per heavy atom. The van der Waals surface area contributed by atoms with Crippen molar-refractivity contribution in [3.05, 3.63) is 30.1 Å². The summed E-state index contributed by atoms with van der Waals surface area (Å²) in [5.74, 6) is 1.11. The van der Waals surface area contributed by atoms with Gasteiger partial charge in [-0.05, 0) is 32.4 Å². The number of rotatable bonds is 6. The first-order valence-corrected chi connectivity index (χ1v) is 9.13. The van der Waals surface area contributed by atoms with Gasteiger partial charge < -0.3 is 14.8 Å². The van der Waals surface area contributed by atoms with Crippen LogP contribution in [0.1, 0.15) is 32.5 Å². The molecule has 1 fully saturated rings. The lowest BCUT2D eigenvalue weighted by atomic mass is 9.96. The molecule has 134 valence electrons. The van der Waals surface area contributed by atoms with Crippen LogP contribution in [-0.2, 0) is 22.6 Å². The van der Waals surface area contributed by atoms with Crippen LogP contribution < -0.4 is 5.32 Å². The summed E-state index contributed by atoms with van der Waals surface area (Å²) in [6, 6.07) is 8.10. The third-order valence-corrected chi connectivity index (χ3v) is 4.95. The standard InChI is InChI=1S/C19H26N4O2/c1-3-22-13-14(9-10-18(22)24)19(25)20-12-11-17-21-15-7-5-6-8-16(15)23(17)4-2/h5-8,14H,3-4,9-13H2,1-2H3,(H,20,25). The van der Waals surface area contributed by atoms with Crippen LogP contribution in [0, 0.1) is 5.92 Å². The second kappa shape index (κ2) is 7.68. The molecule has 1 N–H and O–H groups in total. The molecule has 1 aromatic heterocycles. The number of para-hydroxylation sites is 2. The molecule has 0 radical (unpaired) electrons. The highest BCUT2D eigenvalue weighted by Gasteiger charge is 2.29. The average Bonchev–Trinajstić information content (AvgIpc) is 2.99. The molecule has 1 aromatic carbocycles. The molecule has 2 aromatic rings. The first-order chi connectivity index (χ1) is 12.1. The maximum absolute atomic E-state index is 12.4. The molecule has 2 amide bonds. The minimum Gasteiger partial charge on any atom is -0.355 e. The molecule has 0 saturated carbocycles. The lowest BCUT2D eigenvalue weighted by Crippen LogP contribution is -2.45. The molecule has 1 unspecified atom stereocenters. The van der Waals surface area contributed by atoms with Gasteiger partial charge in [-0.1, -0.05) is 12.1 Å². The number of nitrogens with zero attached hydrogens (tertiary/aromatic N) is 3. The Bertz CT molecular complexity index is 768. The fraction of sp³-hybridized carbons (Fsp3) is 0.526. The minimum atomic E-state index is -0.0948. The van der Waals surface area contributed by atoms with E-state index in [9.17, 15) is 9.59 Å². The van der Waals surface area contributed by atoms with E-state index in [4.69, 9.17) is 0 Å². The smallest absolute Gasteiger partial charge is 0.224 e. The van der Waals surface area contributed by atoms with Crippen LogP contribution in [-0.4, -0.2) is 45.9 Å². The summed E-state index contributed by atoms with van der Waals surface area (Å²) in [6.45, 7) is 6.69. The van der Waals surface area contributed by atoms with Crippen LogP contribution >= 0.6 is 0 Å². The number of hydrogen-bond donors (Lipinski definition) is 1. The van der Waals surface area contributed by atoms with E-state index in [1.54, 1.807) is 4.90 Å². The van der Waals surface area contributed by atoms with Crippen molar-refractivity contribution < 1.29 is 9.59 Å². The Morgan fingerprint density at radius 3 is 2.84 bits per heavy atom. The first-order valence-electron chi connectivity index (χ1n) is 9.13. The predicted molar refractivity (Wildman–Crippen MR) is 97.1 cm³/mol. The van der Waals surface area contributed by atoms with E-state index in [1.807, 2.05) is 25.1 Å². The molecular weight excluding hydrogens is 316 g/mol. The SMILES string of the molecule is CCN1CC(C(=O)NCCc2nc3ccccc3n2CC)CCC1=O. The van der Waals surface area contributed by atoms with Gasteiger partial charge in [0.2, 0.25) is 11.8 Å². The summed E-state index contributed by atoms with van der Waals surface area (Å²) in [5.41, 5.74) is 2.13. The number of hydrogen-bond acceptors (Lipinski definition) is 3. The van der Waals surface area contributed by atoms with Crippen LogP contribution in [0.2, 0.25) is 0 Å². The van der Waals surface area contributed by atoms with E-state index in [-0.39, 0.29) is 17.7 Å². The lowest BCUT2D eigenvalue weighted by molar-refractivity contribution is -0.138. The van der Waals surface area contributed by atoms with Crippen molar-refractivity contribution in [1.82, 2.24) is 19.8 Å². The van der Waals surface area contributed by atoms with Gasteiger partial charge in [0.25, 0.3) is 0 Å². The number of aryl methyl sites for hydroxylation is 1. The normalized spacial score (nSPS) is 17.9. The van der Waals surface area contributed by atoms with Gasteiger partial charge in [-0.3, -0.25) is 9.59 Å². The van der Waals surface area contributed by atoms with Crippen LogP contribution in [0.25, 0.3) is 11.0 Å². The van der Waals surface area contributed by atoms with Crippen molar-refractivity contribution >= 4 is 22.8 Å². The number of imidazole rings is 1. The van der Waals surface area contributed by atoms with Crippen molar-refractivity contribution in [3.63, 3.8) is 0 Å². The quantitative estimate of drug-likeness (QED) is 0.873. The molecule has 1 aliphatic rings. The number of carbonyl (C=O) groups excluding carboxylic acids is 2. The zero-order valence-electron chi connectivity index (χ0n) is 15.0. The molecule has 25 heavy (non-hydrogen) atoms. The highest BCUT2D eigenvalue weighted by Crippen LogP contribution is 2.18. The Hall–Kier alpha value is -2.37. The molecule has 1 atom stereocenters. The average molecular weight is 342 g/mol. The summed E-state index contributed by atoms with van der Waals surface area (Å²) in [5, 5.41) is 3.03. The highest BCUT2D eigenvalue weighted by molar-refractivity contribution is 5.83. The Morgan fingerprint density at radius 2 is 2.08 bits per heavy atom. The Balaban J connectivity index is 1.58. The fourth-order valence-corrected chi connectivity index (χ4v) is 3.55. The van der Waals surface area contributed by atoms with Crippen molar-refractivity contribution in [3.8, 4) is 0 Å². The van der Waals surface area contributed by atoms with Gasteiger partial charge in [-0.15, -0.1) is 0 Å². The predicted octanol–water partition coefficient (Wildman–Crippen LogP) is 1.97. The molecule has 0 bridgehead atoms. The molecule has 6 heteroatoms. The molecular formula is C19H26N4O2. The van der Waals surface area contributed by atoms with Gasteiger partial charge in [0, 0.05) is 39.0 Å². The third-order valence-electron chi connectivity index (χ3n) is 4.95. The van der Waals surface area contributed by atoms with Crippen LogP contribution in [0.4, 0.5) is 0 Å². The summed E-state index contributed by atoms with van der Waals surface area (Å²) in [6.07, 6.45) is 1.82. The van der Waals surface area contributed by atoms with E-state index in [1.165, 1.54) is 0 Å². The topological polar surface area (TPSA) is 67.2 Å². The number of amides is 2. The number of fused-ring (bicyclic) bond motifs is 1. The zero-order valence-corrected chi connectivity index (χ0v) is 15.0. The van der Waals surface area contributed by atoms with Gasteiger partial charge in [-0.25, -0.2) is 4.98 Å². The molecule has 0 spiro atoms. The highest BCUT2D eigenvalue weighted by atomic mass is 16.2. The summed E-state index contributed by atoms with van der Waals surface area (Å²) >= 11 is 0. The van der Waals surface area contributed by atoms with E-state index in [0.29, 0.717) is 38.9 Å². The number of carbonyl (C=O) groups is 2. The maximum Gasteiger partial charge on any atom is 0.224 e. The zero-order chi connectivity index (χ0) is 17.8. The molecule has 2 heterocycles. The lowest BCUT2D eigenvalue weighted by Gasteiger charge is -2.31. The minimum absolute atomic E-state index is 0.0464. The molecule has 0 aliphatic carbocycles. The summed E-state index contributed by atoms with van der Waals surface area (Å²) in [7, 11) is 0. The number of nitrogens with one attached hydrogen (secondary N) is 1. The van der Waals surface area contributed by atoms with E-state index >= 15 is 0 Å². The van der Waals surface area contributed by atoms with Crippen molar-refractivity contribution in [1.29, 1.82) is 0 Å². The van der Waals surface area contributed by atoms with Crippen molar-refractivity contribution in [2.45, 2.75) is 39.7 Å². The summed E-state index contributed by atoms with van der Waals surface area (Å²) in [4.78, 5) is 30.6. The van der Waals surface area contributed by atoms with Crippen LogP contribution in [0.3, 0.4) is 0 Å².